The van der Waals surface area contributed by atoms with Crippen LogP contribution in [0.25, 0.3) is 0 Å². The van der Waals surface area contributed by atoms with E-state index in [2.05, 4.69) is 26.1 Å². The van der Waals surface area contributed by atoms with Crippen LogP contribution in [0.4, 0.5) is 0 Å². The first-order chi connectivity index (χ1) is 10.1. The summed E-state index contributed by atoms with van der Waals surface area (Å²) in [6.45, 7) is 9.90. The van der Waals surface area contributed by atoms with Crippen molar-refractivity contribution < 1.29 is 4.79 Å². The first kappa shape index (κ1) is 20.5. The van der Waals surface area contributed by atoms with Crippen molar-refractivity contribution in [1.82, 2.24) is 5.32 Å². The third-order valence-electron chi connectivity index (χ3n) is 4.38. The Labute approximate surface area is 133 Å². The fourth-order valence-electron chi connectivity index (χ4n) is 2.80. The van der Waals surface area contributed by atoms with E-state index in [9.17, 15) is 4.79 Å². The minimum absolute atomic E-state index is 0.213. The second kappa shape index (κ2) is 14.4. The fraction of sp³-hybridized carbons (Fsp3) is 0.947. The van der Waals surface area contributed by atoms with Gasteiger partial charge in [-0.15, -0.1) is 0 Å². The van der Waals surface area contributed by atoms with E-state index in [1.54, 1.807) is 0 Å². The van der Waals surface area contributed by atoms with Gasteiger partial charge in [0.15, 0.2) is 0 Å². The van der Waals surface area contributed by atoms with Crippen LogP contribution >= 0.6 is 0 Å². The Balaban J connectivity index is 3.43. The van der Waals surface area contributed by atoms with Crippen LogP contribution in [0.1, 0.15) is 98.3 Å². The average molecular weight is 298 g/mol. The van der Waals surface area contributed by atoms with Gasteiger partial charge in [-0.1, -0.05) is 79.1 Å². The third-order valence-corrected chi connectivity index (χ3v) is 4.38. The molecule has 0 fully saturated rings. The molecule has 126 valence electrons. The van der Waals surface area contributed by atoms with Gasteiger partial charge >= 0.3 is 0 Å². The van der Waals surface area contributed by atoms with Gasteiger partial charge in [0.2, 0.25) is 5.91 Å². The summed E-state index contributed by atoms with van der Waals surface area (Å²) in [6.07, 6.45) is 13.7. The second-order valence-corrected chi connectivity index (χ2v) is 6.88. The molecule has 0 spiro atoms. The predicted octanol–water partition coefficient (Wildman–Crippen LogP) is 5.71. The molecule has 0 aromatic rings. The van der Waals surface area contributed by atoms with E-state index in [-0.39, 0.29) is 5.91 Å². The fourth-order valence-corrected chi connectivity index (χ4v) is 2.80. The SMILES string of the molecule is CCCCCCC(C)CCCC(C)CCNC(=O)CCC. The molecule has 0 radical (unpaired) electrons. The zero-order chi connectivity index (χ0) is 15.9. The van der Waals surface area contributed by atoms with Crippen LogP contribution in [0, 0.1) is 11.8 Å². The van der Waals surface area contributed by atoms with Gasteiger partial charge in [-0.25, -0.2) is 0 Å². The third kappa shape index (κ3) is 14.2. The summed E-state index contributed by atoms with van der Waals surface area (Å²) in [7, 11) is 0. The standard InChI is InChI=1S/C19H39NO/c1-5-7-8-9-12-17(3)13-10-14-18(4)15-16-20-19(21)11-6-2/h17-18H,5-16H2,1-4H3,(H,20,21). The van der Waals surface area contributed by atoms with E-state index in [0.29, 0.717) is 6.42 Å². The van der Waals surface area contributed by atoms with Crippen LogP contribution in [-0.4, -0.2) is 12.5 Å². The first-order valence-electron chi connectivity index (χ1n) is 9.36. The summed E-state index contributed by atoms with van der Waals surface area (Å²) >= 11 is 0. The van der Waals surface area contributed by atoms with Gasteiger partial charge in [-0.3, -0.25) is 4.79 Å². The van der Waals surface area contributed by atoms with Gasteiger partial charge in [0.1, 0.15) is 0 Å². The van der Waals surface area contributed by atoms with Crippen LogP contribution < -0.4 is 5.32 Å². The quantitative estimate of drug-likeness (QED) is 0.409. The molecule has 0 heterocycles. The number of hydrogen-bond acceptors (Lipinski definition) is 1. The van der Waals surface area contributed by atoms with E-state index in [4.69, 9.17) is 0 Å². The Morgan fingerprint density at radius 1 is 0.810 bits per heavy atom. The predicted molar refractivity (Wildman–Crippen MR) is 93.5 cm³/mol. The molecule has 2 unspecified atom stereocenters. The lowest BCUT2D eigenvalue weighted by atomic mass is 9.93. The number of carbonyl (C=O) groups excluding carboxylic acids is 1. The molecule has 2 nitrogen and oxygen atoms in total. The molecule has 1 amide bonds. The molecule has 0 saturated carbocycles. The van der Waals surface area contributed by atoms with Crippen molar-refractivity contribution in [2.75, 3.05) is 6.54 Å². The Morgan fingerprint density at radius 2 is 1.43 bits per heavy atom. The number of nitrogens with one attached hydrogen (secondary N) is 1. The topological polar surface area (TPSA) is 29.1 Å². The summed E-state index contributed by atoms with van der Waals surface area (Å²) in [5.74, 6) is 1.84. The van der Waals surface area contributed by atoms with Gasteiger partial charge in [0.05, 0.1) is 0 Å². The number of rotatable bonds is 14. The number of carbonyl (C=O) groups is 1. The smallest absolute Gasteiger partial charge is 0.219 e. The number of hydrogen-bond donors (Lipinski definition) is 1. The zero-order valence-electron chi connectivity index (χ0n) is 15.0. The highest BCUT2D eigenvalue weighted by atomic mass is 16.1. The van der Waals surface area contributed by atoms with E-state index in [1.165, 1.54) is 51.4 Å². The molecular formula is C19H39NO. The van der Waals surface area contributed by atoms with Crippen LogP contribution in [0.15, 0.2) is 0 Å². The maximum Gasteiger partial charge on any atom is 0.219 e. The van der Waals surface area contributed by atoms with Crippen LogP contribution in [0.2, 0.25) is 0 Å². The zero-order valence-corrected chi connectivity index (χ0v) is 15.0. The van der Waals surface area contributed by atoms with Crippen molar-refractivity contribution in [3.63, 3.8) is 0 Å². The lowest BCUT2D eigenvalue weighted by Crippen LogP contribution is -2.25. The Kier molecular flexibility index (Phi) is 14.0. The molecule has 21 heavy (non-hydrogen) atoms. The van der Waals surface area contributed by atoms with Gasteiger partial charge < -0.3 is 5.32 Å². The molecule has 1 N–H and O–H groups in total. The van der Waals surface area contributed by atoms with Crippen LogP contribution in [0.3, 0.4) is 0 Å². The summed E-state index contributed by atoms with van der Waals surface area (Å²) in [4.78, 5) is 11.4. The highest BCUT2D eigenvalue weighted by Crippen LogP contribution is 2.19. The van der Waals surface area contributed by atoms with Crippen LogP contribution in [0.5, 0.6) is 0 Å². The molecule has 0 saturated heterocycles. The molecule has 0 aromatic heterocycles. The minimum Gasteiger partial charge on any atom is -0.356 e. The van der Waals surface area contributed by atoms with Gasteiger partial charge in [-0.2, -0.15) is 0 Å². The number of unbranched alkanes of at least 4 members (excludes halogenated alkanes) is 3. The minimum atomic E-state index is 0.213. The molecule has 0 aliphatic carbocycles. The van der Waals surface area contributed by atoms with Crippen molar-refractivity contribution >= 4 is 5.91 Å². The lowest BCUT2D eigenvalue weighted by molar-refractivity contribution is -0.121. The molecule has 0 aliphatic rings. The molecule has 2 heteroatoms. The largest absolute Gasteiger partial charge is 0.356 e. The summed E-state index contributed by atoms with van der Waals surface area (Å²) in [5.41, 5.74) is 0. The van der Waals surface area contributed by atoms with E-state index < -0.39 is 0 Å². The van der Waals surface area contributed by atoms with Crippen molar-refractivity contribution in [2.24, 2.45) is 11.8 Å². The van der Waals surface area contributed by atoms with Crippen molar-refractivity contribution in [3.8, 4) is 0 Å². The van der Waals surface area contributed by atoms with Gasteiger partial charge in [0, 0.05) is 13.0 Å². The Bertz CT molecular complexity index is 240. The normalized spacial score (nSPS) is 13.9. The first-order valence-corrected chi connectivity index (χ1v) is 9.36. The monoisotopic (exact) mass is 297 g/mol. The molecule has 2 atom stereocenters. The van der Waals surface area contributed by atoms with Gasteiger partial charge in [0.25, 0.3) is 0 Å². The summed E-state index contributed by atoms with van der Waals surface area (Å²) in [5, 5.41) is 3.01. The molecule has 0 rings (SSSR count). The number of amides is 1. The molecular weight excluding hydrogens is 258 g/mol. The average Bonchev–Trinajstić information content (AvgIpc) is 2.44. The summed E-state index contributed by atoms with van der Waals surface area (Å²) < 4.78 is 0. The second-order valence-electron chi connectivity index (χ2n) is 6.88. The van der Waals surface area contributed by atoms with Crippen molar-refractivity contribution in [1.29, 1.82) is 0 Å². The molecule has 0 aromatic carbocycles. The highest BCUT2D eigenvalue weighted by Gasteiger charge is 2.06. The molecule has 0 bridgehead atoms. The van der Waals surface area contributed by atoms with Crippen LogP contribution in [-0.2, 0) is 4.79 Å². The maximum absolute atomic E-state index is 11.4. The Hall–Kier alpha value is -0.530. The molecule has 0 aliphatic heterocycles. The van der Waals surface area contributed by atoms with E-state index in [1.807, 2.05) is 6.92 Å². The Morgan fingerprint density at radius 3 is 2.05 bits per heavy atom. The maximum atomic E-state index is 11.4. The van der Waals surface area contributed by atoms with Gasteiger partial charge in [-0.05, 0) is 24.7 Å². The lowest BCUT2D eigenvalue weighted by Gasteiger charge is -2.14. The highest BCUT2D eigenvalue weighted by molar-refractivity contribution is 5.75. The van der Waals surface area contributed by atoms with Crippen molar-refractivity contribution in [2.45, 2.75) is 98.3 Å². The summed E-state index contributed by atoms with van der Waals surface area (Å²) in [6, 6.07) is 0. The van der Waals surface area contributed by atoms with E-state index >= 15 is 0 Å². The van der Waals surface area contributed by atoms with E-state index in [0.717, 1.165) is 31.2 Å². The van der Waals surface area contributed by atoms with Crippen molar-refractivity contribution in [3.05, 3.63) is 0 Å².